The van der Waals surface area contributed by atoms with Crippen LogP contribution in [0.4, 0.5) is 0 Å². The van der Waals surface area contributed by atoms with E-state index in [2.05, 4.69) is 5.32 Å². The highest BCUT2D eigenvalue weighted by Gasteiger charge is 2.18. The largest absolute Gasteiger partial charge is 0.480 e. The lowest BCUT2D eigenvalue weighted by atomic mass is 10.3. The van der Waals surface area contributed by atoms with Gasteiger partial charge in [0, 0.05) is 26.7 Å². The molecule has 12 heteroatoms. The summed E-state index contributed by atoms with van der Waals surface area (Å²) in [4.78, 5) is 46.8. The number of rotatable bonds is 17. The fourth-order valence-electron chi connectivity index (χ4n) is 2.05. The van der Waals surface area contributed by atoms with Crippen molar-refractivity contribution < 1.29 is 44.0 Å². The van der Waals surface area contributed by atoms with Crippen molar-refractivity contribution in [1.82, 2.24) is 15.1 Å². The van der Waals surface area contributed by atoms with Gasteiger partial charge in [-0.3, -0.25) is 29.0 Å². The number of carboxylic acid groups (broad SMARTS) is 3. The quantitative estimate of drug-likeness (QED) is 0.195. The molecule has 0 aromatic carbocycles. The maximum absolute atomic E-state index is 11.9. The van der Waals surface area contributed by atoms with Crippen LogP contribution >= 0.6 is 0 Å². The van der Waals surface area contributed by atoms with Crippen LogP contribution in [-0.4, -0.2) is 122 Å². The van der Waals surface area contributed by atoms with Crippen molar-refractivity contribution in [3.63, 3.8) is 0 Å². The minimum absolute atomic E-state index is 0.0146. The Bertz CT molecular complexity index is 471. The van der Waals surface area contributed by atoms with Gasteiger partial charge in [0.05, 0.1) is 46.0 Å². The van der Waals surface area contributed by atoms with Gasteiger partial charge in [-0.2, -0.15) is 0 Å². The van der Waals surface area contributed by atoms with Crippen molar-refractivity contribution in [2.75, 3.05) is 72.7 Å². The smallest absolute Gasteiger partial charge is 0.317 e. The molecule has 4 N–H and O–H groups in total. The van der Waals surface area contributed by atoms with Crippen LogP contribution in [0.1, 0.15) is 0 Å². The van der Waals surface area contributed by atoms with E-state index >= 15 is 0 Å². The Morgan fingerprint density at radius 1 is 0.778 bits per heavy atom. The standard InChI is InChI=1S/C15H27N3O9/c1-26-6-7-27-5-2-16-12(19)8-17(9-13(20)21)3-4-18(10-14(22)23)11-15(24)25/h2-11H2,1H3,(H,16,19)(H,20,21)(H,22,23)(H,24,25). The summed E-state index contributed by atoms with van der Waals surface area (Å²) in [5, 5.41) is 29.1. The molecule has 1 amide bonds. The highest BCUT2D eigenvalue weighted by atomic mass is 16.5. The average molecular weight is 393 g/mol. The van der Waals surface area contributed by atoms with E-state index in [0.717, 1.165) is 4.90 Å². The SMILES string of the molecule is COCCOCCNC(=O)CN(CCN(CC(=O)O)CC(=O)O)CC(=O)O. The first kappa shape index (κ1) is 24.7. The fourth-order valence-corrected chi connectivity index (χ4v) is 2.05. The van der Waals surface area contributed by atoms with Gasteiger partial charge in [-0.15, -0.1) is 0 Å². The van der Waals surface area contributed by atoms with Crippen molar-refractivity contribution in [3.8, 4) is 0 Å². The molecule has 0 aromatic heterocycles. The van der Waals surface area contributed by atoms with Crippen LogP contribution in [0.5, 0.6) is 0 Å². The zero-order valence-electron chi connectivity index (χ0n) is 15.3. The van der Waals surface area contributed by atoms with Crippen LogP contribution in [0.25, 0.3) is 0 Å². The Morgan fingerprint density at radius 2 is 1.26 bits per heavy atom. The van der Waals surface area contributed by atoms with Gasteiger partial charge in [0.15, 0.2) is 0 Å². The highest BCUT2D eigenvalue weighted by Crippen LogP contribution is 1.94. The Hall–Kier alpha value is -2.28. The third-order valence-corrected chi connectivity index (χ3v) is 3.18. The van der Waals surface area contributed by atoms with Gasteiger partial charge < -0.3 is 30.1 Å². The van der Waals surface area contributed by atoms with E-state index in [1.165, 1.54) is 12.0 Å². The zero-order valence-corrected chi connectivity index (χ0v) is 15.3. The summed E-state index contributed by atoms with van der Waals surface area (Å²) in [5.74, 6) is -3.98. The molecule has 0 aliphatic carbocycles. The van der Waals surface area contributed by atoms with Crippen molar-refractivity contribution in [3.05, 3.63) is 0 Å². The Labute approximate surface area is 156 Å². The molecule has 12 nitrogen and oxygen atoms in total. The number of hydrogen-bond donors (Lipinski definition) is 4. The minimum atomic E-state index is -1.20. The first-order chi connectivity index (χ1) is 12.7. The number of aliphatic carboxylic acids is 3. The molecule has 0 bridgehead atoms. The number of carbonyl (C=O) groups is 4. The van der Waals surface area contributed by atoms with Gasteiger partial charge in [-0.05, 0) is 0 Å². The number of ether oxygens (including phenoxy) is 2. The summed E-state index contributed by atoms with van der Waals surface area (Å²) in [5.41, 5.74) is 0. The van der Waals surface area contributed by atoms with Gasteiger partial charge in [0.1, 0.15) is 0 Å². The van der Waals surface area contributed by atoms with Crippen molar-refractivity contribution in [1.29, 1.82) is 0 Å². The molecule has 0 aliphatic heterocycles. The molecule has 0 radical (unpaired) electrons. The minimum Gasteiger partial charge on any atom is -0.480 e. The second-order valence-corrected chi connectivity index (χ2v) is 5.56. The van der Waals surface area contributed by atoms with E-state index in [9.17, 15) is 19.2 Å². The van der Waals surface area contributed by atoms with Crippen molar-refractivity contribution in [2.24, 2.45) is 0 Å². The molecular weight excluding hydrogens is 366 g/mol. The molecule has 0 saturated carbocycles. The van der Waals surface area contributed by atoms with E-state index in [-0.39, 0.29) is 32.8 Å². The average Bonchev–Trinajstić information content (AvgIpc) is 2.54. The fraction of sp³-hybridized carbons (Fsp3) is 0.733. The van der Waals surface area contributed by atoms with E-state index in [1.54, 1.807) is 0 Å². The van der Waals surface area contributed by atoms with Crippen LogP contribution in [0, 0.1) is 0 Å². The lowest BCUT2D eigenvalue weighted by Crippen LogP contribution is -2.45. The van der Waals surface area contributed by atoms with E-state index in [0.29, 0.717) is 13.2 Å². The third kappa shape index (κ3) is 15.7. The van der Waals surface area contributed by atoms with Gasteiger partial charge in [-0.1, -0.05) is 0 Å². The monoisotopic (exact) mass is 393 g/mol. The van der Waals surface area contributed by atoms with Gasteiger partial charge in [-0.25, -0.2) is 0 Å². The predicted octanol–water partition coefficient (Wildman–Crippen LogP) is -2.38. The number of hydrogen-bond acceptors (Lipinski definition) is 8. The molecule has 0 fully saturated rings. The first-order valence-corrected chi connectivity index (χ1v) is 8.18. The molecule has 27 heavy (non-hydrogen) atoms. The highest BCUT2D eigenvalue weighted by molar-refractivity contribution is 5.79. The molecule has 0 unspecified atom stereocenters. The molecule has 0 aliphatic rings. The Morgan fingerprint density at radius 3 is 1.70 bits per heavy atom. The molecule has 0 rings (SSSR count). The number of amides is 1. The van der Waals surface area contributed by atoms with Crippen LogP contribution in [0.2, 0.25) is 0 Å². The van der Waals surface area contributed by atoms with E-state index < -0.39 is 43.4 Å². The number of carboxylic acids is 3. The maximum atomic E-state index is 11.9. The van der Waals surface area contributed by atoms with E-state index in [4.69, 9.17) is 24.8 Å². The van der Waals surface area contributed by atoms with E-state index in [1.807, 2.05) is 0 Å². The zero-order chi connectivity index (χ0) is 20.7. The molecule has 156 valence electrons. The summed E-state index contributed by atoms with van der Waals surface area (Å²) < 4.78 is 9.98. The summed E-state index contributed by atoms with van der Waals surface area (Å²) in [7, 11) is 1.54. The van der Waals surface area contributed by atoms with Gasteiger partial charge >= 0.3 is 17.9 Å². The van der Waals surface area contributed by atoms with Crippen LogP contribution in [-0.2, 0) is 28.7 Å². The topological polar surface area (TPSA) is 166 Å². The molecule has 0 atom stereocenters. The molecule has 0 spiro atoms. The van der Waals surface area contributed by atoms with Crippen LogP contribution in [0.15, 0.2) is 0 Å². The summed E-state index contributed by atoms with van der Waals surface area (Å²) in [6, 6.07) is 0. The number of methoxy groups -OCH3 is 1. The Kier molecular flexibility index (Phi) is 13.6. The van der Waals surface area contributed by atoms with Crippen molar-refractivity contribution >= 4 is 23.8 Å². The first-order valence-electron chi connectivity index (χ1n) is 8.18. The lowest BCUT2D eigenvalue weighted by molar-refractivity contribution is -0.143. The van der Waals surface area contributed by atoms with Gasteiger partial charge in [0.25, 0.3) is 0 Å². The second-order valence-electron chi connectivity index (χ2n) is 5.56. The molecular formula is C15H27N3O9. The molecule has 0 saturated heterocycles. The molecule has 0 aromatic rings. The normalized spacial score (nSPS) is 10.9. The van der Waals surface area contributed by atoms with Gasteiger partial charge in [0.2, 0.25) is 5.91 Å². The number of nitrogens with one attached hydrogen (secondary N) is 1. The lowest BCUT2D eigenvalue weighted by Gasteiger charge is -2.24. The van der Waals surface area contributed by atoms with Crippen molar-refractivity contribution in [2.45, 2.75) is 0 Å². The number of nitrogens with zero attached hydrogens (tertiary/aromatic N) is 2. The maximum Gasteiger partial charge on any atom is 0.317 e. The summed E-state index contributed by atoms with van der Waals surface area (Å²) in [6.45, 7) is -0.318. The summed E-state index contributed by atoms with van der Waals surface area (Å²) >= 11 is 0. The van der Waals surface area contributed by atoms with Crippen LogP contribution < -0.4 is 5.32 Å². The molecule has 0 heterocycles. The summed E-state index contributed by atoms with van der Waals surface area (Å²) in [6.07, 6.45) is 0. The predicted molar refractivity (Wildman–Crippen MR) is 91.5 cm³/mol. The number of carbonyl (C=O) groups excluding carboxylic acids is 1. The third-order valence-electron chi connectivity index (χ3n) is 3.18. The van der Waals surface area contributed by atoms with Crippen LogP contribution in [0.3, 0.4) is 0 Å². The second kappa shape index (κ2) is 14.8. The Balaban J connectivity index is 4.42.